The Labute approximate surface area is 179 Å². The van der Waals surface area contributed by atoms with E-state index in [-0.39, 0.29) is 11.7 Å². The van der Waals surface area contributed by atoms with E-state index in [1.165, 1.54) is 37.8 Å². The minimum absolute atomic E-state index is 0.262. The molecular formula is C23H26FNO4S. The van der Waals surface area contributed by atoms with Gasteiger partial charge in [0.25, 0.3) is 0 Å². The standard InChI is InChI=1S/C23H26FNO4S/c24-19-14-17(4-5-20(19)29-23(28)22(26)27)15-6-10-25(11-7-15)12-8-16-2-1-3-21-18(16)9-13-30-21/h4-5,9,13-16H,1-3,6-8,10-12H2,(H,26,27). The lowest BCUT2D eigenvalue weighted by Crippen LogP contribution is -2.34. The summed E-state index contributed by atoms with van der Waals surface area (Å²) in [6, 6.07) is 6.75. The number of aryl methyl sites for hydroxylation is 1. The Morgan fingerprint density at radius 1 is 1.20 bits per heavy atom. The van der Waals surface area contributed by atoms with Crippen molar-refractivity contribution in [3.05, 3.63) is 51.5 Å². The zero-order valence-corrected chi connectivity index (χ0v) is 17.6. The van der Waals surface area contributed by atoms with E-state index in [1.54, 1.807) is 16.5 Å². The third kappa shape index (κ3) is 4.73. The molecule has 7 heteroatoms. The van der Waals surface area contributed by atoms with Gasteiger partial charge in [-0.05, 0) is 105 Å². The number of hydrogen-bond acceptors (Lipinski definition) is 5. The first-order valence-electron chi connectivity index (χ1n) is 10.5. The molecule has 4 rings (SSSR count). The molecule has 2 aliphatic rings. The molecule has 0 spiro atoms. The number of halogens is 1. The summed E-state index contributed by atoms with van der Waals surface area (Å²) in [4.78, 5) is 25.8. The van der Waals surface area contributed by atoms with Crippen LogP contribution in [0.5, 0.6) is 5.75 Å². The predicted octanol–water partition coefficient (Wildman–Crippen LogP) is 4.57. The van der Waals surface area contributed by atoms with Gasteiger partial charge in [-0.3, -0.25) is 0 Å². The SMILES string of the molecule is O=C(O)C(=O)Oc1ccc(C2CCN(CCC3CCCc4sccc43)CC2)cc1F. The fourth-order valence-electron chi connectivity index (χ4n) is 4.71. The highest BCUT2D eigenvalue weighted by Crippen LogP contribution is 2.37. The van der Waals surface area contributed by atoms with Crippen LogP contribution in [0.4, 0.5) is 4.39 Å². The summed E-state index contributed by atoms with van der Waals surface area (Å²) in [5, 5.41) is 10.8. The van der Waals surface area contributed by atoms with Crippen LogP contribution in [0.15, 0.2) is 29.6 Å². The molecule has 2 heterocycles. The van der Waals surface area contributed by atoms with Gasteiger partial charge >= 0.3 is 11.9 Å². The number of carbonyl (C=O) groups excluding carboxylic acids is 1. The van der Waals surface area contributed by atoms with Crippen molar-refractivity contribution >= 4 is 23.3 Å². The Bertz CT molecular complexity index is 920. The summed E-state index contributed by atoms with van der Waals surface area (Å²) in [6.07, 6.45) is 6.94. The minimum atomic E-state index is -1.74. The third-order valence-electron chi connectivity index (χ3n) is 6.36. The van der Waals surface area contributed by atoms with Gasteiger partial charge in [0, 0.05) is 4.88 Å². The first-order valence-corrected chi connectivity index (χ1v) is 11.4. The lowest BCUT2D eigenvalue weighted by atomic mass is 9.85. The highest BCUT2D eigenvalue weighted by atomic mass is 32.1. The van der Waals surface area contributed by atoms with Crippen molar-refractivity contribution in [3.63, 3.8) is 0 Å². The van der Waals surface area contributed by atoms with Crippen molar-refractivity contribution in [2.75, 3.05) is 19.6 Å². The Kier molecular flexibility index (Phi) is 6.49. The van der Waals surface area contributed by atoms with Crippen LogP contribution in [0.1, 0.15) is 59.9 Å². The van der Waals surface area contributed by atoms with Gasteiger partial charge in [0.1, 0.15) is 0 Å². The molecule has 30 heavy (non-hydrogen) atoms. The summed E-state index contributed by atoms with van der Waals surface area (Å²) in [7, 11) is 0. The fraction of sp³-hybridized carbons (Fsp3) is 0.478. The zero-order valence-electron chi connectivity index (χ0n) is 16.8. The number of ether oxygens (including phenoxy) is 1. The van der Waals surface area contributed by atoms with E-state index < -0.39 is 17.8 Å². The van der Waals surface area contributed by atoms with Gasteiger partial charge in [-0.1, -0.05) is 6.07 Å². The Morgan fingerprint density at radius 3 is 2.73 bits per heavy atom. The summed E-state index contributed by atoms with van der Waals surface area (Å²) in [6.45, 7) is 3.08. The van der Waals surface area contributed by atoms with Gasteiger partial charge in [0.05, 0.1) is 0 Å². The first-order chi connectivity index (χ1) is 14.5. The van der Waals surface area contributed by atoms with E-state index >= 15 is 0 Å². The van der Waals surface area contributed by atoms with Crippen LogP contribution >= 0.6 is 11.3 Å². The molecule has 0 radical (unpaired) electrons. The number of rotatable bonds is 5. The van der Waals surface area contributed by atoms with Crippen molar-refractivity contribution in [2.24, 2.45) is 0 Å². The maximum Gasteiger partial charge on any atom is 0.422 e. The number of likely N-dealkylation sites (tertiary alicyclic amines) is 1. The number of nitrogens with zero attached hydrogens (tertiary/aromatic N) is 1. The Hall–Kier alpha value is -2.25. The normalized spacial score (nSPS) is 20.0. The molecule has 0 amide bonds. The highest BCUT2D eigenvalue weighted by molar-refractivity contribution is 7.10. The minimum Gasteiger partial charge on any atom is -0.473 e. The average Bonchev–Trinajstić information content (AvgIpc) is 3.23. The molecule has 160 valence electrons. The van der Waals surface area contributed by atoms with E-state index in [9.17, 15) is 14.0 Å². The van der Waals surface area contributed by atoms with Crippen molar-refractivity contribution < 1.29 is 23.8 Å². The largest absolute Gasteiger partial charge is 0.473 e. The first kappa shape index (κ1) is 21.0. The zero-order chi connectivity index (χ0) is 21.1. The number of hydrogen-bond donors (Lipinski definition) is 1. The smallest absolute Gasteiger partial charge is 0.422 e. The lowest BCUT2D eigenvalue weighted by Gasteiger charge is -2.33. The topological polar surface area (TPSA) is 66.8 Å². The van der Waals surface area contributed by atoms with Crippen LogP contribution in [0.25, 0.3) is 0 Å². The predicted molar refractivity (Wildman–Crippen MR) is 113 cm³/mol. The number of carboxylic acids is 1. The summed E-state index contributed by atoms with van der Waals surface area (Å²) in [5.74, 6) is -3.32. The molecule has 1 aromatic heterocycles. The van der Waals surface area contributed by atoms with Crippen LogP contribution in [-0.2, 0) is 16.0 Å². The van der Waals surface area contributed by atoms with Crippen molar-refractivity contribution in [1.82, 2.24) is 4.90 Å². The maximum atomic E-state index is 14.2. The van der Waals surface area contributed by atoms with Crippen LogP contribution < -0.4 is 4.74 Å². The number of thiophene rings is 1. The number of aliphatic carboxylic acids is 1. The molecule has 5 nitrogen and oxygen atoms in total. The number of carbonyl (C=O) groups is 2. The molecule has 2 aromatic rings. The maximum absolute atomic E-state index is 14.2. The van der Waals surface area contributed by atoms with Crippen LogP contribution in [0, 0.1) is 5.82 Å². The van der Waals surface area contributed by atoms with Crippen molar-refractivity contribution in [1.29, 1.82) is 0 Å². The number of piperidine rings is 1. The molecule has 1 aromatic carbocycles. The van der Waals surface area contributed by atoms with Crippen LogP contribution in [0.3, 0.4) is 0 Å². The van der Waals surface area contributed by atoms with Gasteiger partial charge < -0.3 is 14.7 Å². The van der Waals surface area contributed by atoms with Gasteiger partial charge in [-0.2, -0.15) is 0 Å². The second kappa shape index (κ2) is 9.27. The highest BCUT2D eigenvalue weighted by Gasteiger charge is 2.25. The quantitative estimate of drug-likeness (QED) is 0.427. The monoisotopic (exact) mass is 431 g/mol. The third-order valence-corrected chi connectivity index (χ3v) is 7.36. The fourth-order valence-corrected chi connectivity index (χ4v) is 5.72. The molecular weight excluding hydrogens is 405 g/mol. The molecule has 1 fully saturated rings. The van der Waals surface area contributed by atoms with E-state index in [1.807, 2.05) is 11.3 Å². The number of fused-ring (bicyclic) bond motifs is 1. The van der Waals surface area contributed by atoms with E-state index in [2.05, 4.69) is 21.1 Å². The van der Waals surface area contributed by atoms with Gasteiger partial charge in [0.15, 0.2) is 11.6 Å². The van der Waals surface area contributed by atoms with E-state index in [0.29, 0.717) is 5.92 Å². The van der Waals surface area contributed by atoms with Crippen LogP contribution in [0.2, 0.25) is 0 Å². The Morgan fingerprint density at radius 2 is 2.00 bits per heavy atom. The van der Waals surface area contributed by atoms with Gasteiger partial charge in [0.2, 0.25) is 0 Å². The second-order valence-corrected chi connectivity index (χ2v) is 9.18. The summed E-state index contributed by atoms with van der Waals surface area (Å²) < 4.78 is 18.8. The van der Waals surface area contributed by atoms with Crippen molar-refractivity contribution in [3.8, 4) is 5.75 Å². The lowest BCUT2D eigenvalue weighted by molar-refractivity contribution is -0.158. The summed E-state index contributed by atoms with van der Waals surface area (Å²) >= 11 is 1.89. The molecule has 1 saturated heterocycles. The second-order valence-electron chi connectivity index (χ2n) is 8.18. The molecule has 1 unspecified atom stereocenters. The Balaban J connectivity index is 1.28. The molecule has 1 N–H and O–H groups in total. The number of esters is 1. The number of carboxylic acid groups (broad SMARTS) is 1. The summed E-state index contributed by atoms with van der Waals surface area (Å²) in [5.41, 5.74) is 2.44. The average molecular weight is 432 g/mol. The molecule has 0 saturated carbocycles. The molecule has 1 atom stereocenters. The van der Waals surface area contributed by atoms with Crippen LogP contribution in [-0.4, -0.2) is 41.6 Å². The van der Waals surface area contributed by atoms with Crippen molar-refractivity contribution in [2.45, 2.75) is 50.4 Å². The van der Waals surface area contributed by atoms with Gasteiger partial charge in [-0.25, -0.2) is 14.0 Å². The molecule has 1 aliphatic heterocycles. The molecule has 1 aliphatic carbocycles. The molecule has 0 bridgehead atoms. The van der Waals surface area contributed by atoms with Gasteiger partial charge in [-0.15, -0.1) is 11.3 Å². The number of benzene rings is 1. The van der Waals surface area contributed by atoms with E-state index in [0.717, 1.165) is 38.0 Å². The van der Waals surface area contributed by atoms with E-state index in [4.69, 9.17) is 5.11 Å².